The number of hydroxylamine groups is 1. The quantitative estimate of drug-likeness (QED) is 0.424. The van der Waals surface area contributed by atoms with E-state index in [9.17, 15) is 13.2 Å². The topological polar surface area (TPSA) is 72.9 Å². The molecule has 1 atom stereocenters. The van der Waals surface area contributed by atoms with Gasteiger partial charge < -0.3 is 9.26 Å². The van der Waals surface area contributed by atoms with Crippen LogP contribution in [0.4, 0.5) is 0 Å². The summed E-state index contributed by atoms with van der Waals surface area (Å²) < 4.78 is 37.8. The van der Waals surface area contributed by atoms with Gasteiger partial charge in [0, 0.05) is 0 Å². The third-order valence-corrected chi connectivity index (χ3v) is 10.7. The van der Waals surface area contributed by atoms with Crippen LogP contribution in [0.5, 0.6) is 0 Å². The number of carbonyl (C=O) groups excluding carboxylic acids is 1. The SMILES string of the molecule is COC(=O)[C@H](C)N(O[Si](C)(C)C(C)(C)C)S(=O)(=O)c1ccc(C)cc1. The van der Waals surface area contributed by atoms with Crippen molar-refractivity contribution in [2.75, 3.05) is 7.11 Å². The Labute approximate surface area is 152 Å². The normalized spacial score (nSPS) is 14.4. The molecule has 8 heteroatoms. The van der Waals surface area contributed by atoms with Crippen molar-refractivity contribution in [1.82, 2.24) is 4.47 Å². The number of sulfonamides is 1. The lowest BCUT2D eigenvalue weighted by atomic mass is 10.2. The van der Waals surface area contributed by atoms with Gasteiger partial charge >= 0.3 is 5.97 Å². The Morgan fingerprint density at radius 2 is 1.64 bits per heavy atom. The number of aryl methyl sites for hydroxylation is 1. The fraction of sp³-hybridized carbons (Fsp3) is 0.588. The van der Waals surface area contributed by atoms with Crippen LogP contribution in [0.1, 0.15) is 33.3 Å². The van der Waals surface area contributed by atoms with Crippen LogP contribution in [-0.2, 0) is 24.1 Å². The second kappa shape index (κ2) is 7.57. The molecule has 0 fully saturated rings. The van der Waals surface area contributed by atoms with Crippen molar-refractivity contribution in [2.45, 2.75) is 63.7 Å². The Morgan fingerprint density at radius 1 is 1.16 bits per heavy atom. The average molecular weight is 388 g/mol. The Kier molecular flexibility index (Phi) is 6.61. The van der Waals surface area contributed by atoms with Crippen molar-refractivity contribution < 1.29 is 22.5 Å². The van der Waals surface area contributed by atoms with E-state index >= 15 is 0 Å². The van der Waals surface area contributed by atoms with Gasteiger partial charge in [-0.1, -0.05) is 42.9 Å². The molecular formula is C17H29NO5SSi. The van der Waals surface area contributed by atoms with Crippen LogP contribution in [0.2, 0.25) is 18.1 Å². The van der Waals surface area contributed by atoms with E-state index in [0.29, 0.717) is 0 Å². The van der Waals surface area contributed by atoms with E-state index in [2.05, 4.69) is 0 Å². The summed E-state index contributed by atoms with van der Waals surface area (Å²) in [7, 11) is -5.30. The average Bonchev–Trinajstić information content (AvgIpc) is 2.50. The van der Waals surface area contributed by atoms with E-state index in [1.165, 1.54) is 26.2 Å². The molecule has 1 aromatic carbocycles. The molecule has 1 rings (SSSR count). The summed E-state index contributed by atoms with van der Waals surface area (Å²) in [5.74, 6) is -0.672. The first-order valence-electron chi connectivity index (χ1n) is 8.12. The summed E-state index contributed by atoms with van der Waals surface area (Å²) in [4.78, 5) is 12.1. The van der Waals surface area contributed by atoms with Crippen LogP contribution in [0, 0.1) is 6.92 Å². The van der Waals surface area contributed by atoms with Crippen LogP contribution in [0.25, 0.3) is 0 Å². The third kappa shape index (κ3) is 4.90. The summed E-state index contributed by atoms with van der Waals surface area (Å²) in [6.45, 7) is 13.2. The molecule has 0 radical (unpaired) electrons. The van der Waals surface area contributed by atoms with Crippen molar-refractivity contribution in [2.24, 2.45) is 0 Å². The van der Waals surface area contributed by atoms with E-state index < -0.39 is 30.4 Å². The van der Waals surface area contributed by atoms with Gasteiger partial charge in [-0.2, -0.15) is 0 Å². The van der Waals surface area contributed by atoms with E-state index in [1.54, 1.807) is 12.1 Å². The lowest BCUT2D eigenvalue weighted by Crippen LogP contribution is -2.53. The monoisotopic (exact) mass is 387 g/mol. The molecule has 0 heterocycles. The fourth-order valence-electron chi connectivity index (χ4n) is 1.77. The van der Waals surface area contributed by atoms with Crippen molar-refractivity contribution in [3.05, 3.63) is 29.8 Å². The predicted molar refractivity (Wildman–Crippen MR) is 100.0 cm³/mol. The van der Waals surface area contributed by atoms with Crippen molar-refractivity contribution in [3.63, 3.8) is 0 Å². The Hall–Kier alpha value is -1.22. The van der Waals surface area contributed by atoms with Gasteiger partial charge in [-0.15, -0.1) is 0 Å². The van der Waals surface area contributed by atoms with Gasteiger partial charge in [0.15, 0.2) is 0 Å². The van der Waals surface area contributed by atoms with Crippen LogP contribution in [-0.4, -0.2) is 40.3 Å². The Bertz CT molecular complexity index is 708. The molecule has 0 aliphatic rings. The van der Waals surface area contributed by atoms with Crippen LogP contribution in [0.3, 0.4) is 0 Å². The molecule has 0 N–H and O–H groups in total. The molecular weight excluding hydrogens is 358 g/mol. The number of hydrogen-bond donors (Lipinski definition) is 0. The minimum atomic E-state index is -4.02. The number of ether oxygens (including phenoxy) is 1. The molecule has 0 aliphatic carbocycles. The van der Waals surface area contributed by atoms with Gasteiger partial charge in [0.25, 0.3) is 10.0 Å². The van der Waals surface area contributed by atoms with E-state index in [0.717, 1.165) is 10.0 Å². The highest BCUT2D eigenvalue weighted by molar-refractivity contribution is 7.89. The number of carbonyl (C=O) groups is 1. The summed E-state index contributed by atoms with van der Waals surface area (Å²) in [5, 5.41) is -0.232. The first-order chi connectivity index (χ1) is 11.2. The molecule has 6 nitrogen and oxygen atoms in total. The molecule has 25 heavy (non-hydrogen) atoms. The zero-order chi connectivity index (χ0) is 19.6. The lowest BCUT2D eigenvalue weighted by Gasteiger charge is -2.40. The van der Waals surface area contributed by atoms with E-state index in [1.807, 2.05) is 40.8 Å². The zero-order valence-corrected chi connectivity index (χ0v) is 18.1. The predicted octanol–water partition coefficient (Wildman–Crippen LogP) is 3.48. The molecule has 0 saturated carbocycles. The van der Waals surface area contributed by atoms with Gasteiger partial charge in [0.2, 0.25) is 8.32 Å². The zero-order valence-electron chi connectivity index (χ0n) is 16.3. The van der Waals surface area contributed by atoms with Crippen LogP contribution < -0.4 is 0 Å². The smallest absolute Gasteiger partial charge is 0.326 e. The molecule has 0 aromatic heterocycles. The third-order valence-electron chi connectivity index (χ3n) is 4.54. The van der Waals surface area contributed by atoms with Crippen LogP contribution >= 0.6 is 0 Å². The summed E-state index contributed by atoms with van der Waals surface area (Å²) >= 11 is 0. The standard InChI is InChI=1S/C17H29NO5SSi/c1-13-9-11-15(12-10-13)24(20,21)18(14(2)16(19)22-6)23-25(7,8)17(3,4)5/h9-12,14H,1-8H3/t14-/m0/s1. The molecule has 0 bridgehead atoms. The maximum absolute atomic E-state index is 13.1. The Balaban J connectivity index is 3.40. The molecule has 0 amide bonds. The first kappa shape index (κ1) is 21.8. The van der Waals surface area contributed by atoms with Gasteiger partial charge in [-0.05, 0) is 44.1 Å². The van der Waals surface area contributed by atoms with Gasteiger partial charge in [0.1, 0.15) is 6.04 Å². The highest BCUT2D eigenvalue weighted by Crippen LogP contribution is 2.38. The molecule has 142 valence electrons. The summed E-state index contributed by atoms with van der Waals surface area (Å²) in [5.41, 5.74) is 0.942. The fourth-order valence-corrected chi connectivity index (χ4v) is 4.79. The van der Waals surface area contributed by atoms with Crippen molar-refractivity contribution >= 4 is 24.3 Å². The highest BCUT2D eigenvalue weighted by atomic mass is 32.2. The highest BCUT2D eigenvalue weighted by Gasteiger charge is 2.45. The Morgan fingerprint density at radius 3 is 2.04 bits per heavy atom. The van der Waals surface area contributed by atoms with Crippen molar-refractivity contribution in [3.8, 4) is 0 Å². The maximum Gasteiger partial charge on any atom is 0.326 e. The lowest BCUT2D eigenvalue weighted by molar-refractivity contribution is -0.152. The second-order valence-corrected chi connectivity index (χ2v) is 14.1. The largest absolute Gasteiger partial charge is 0.468 e. The molecule has 0 spiro atoms. The summed E-state index contributed by atoms with van der Waals surface area (Å²) in [6, 6.07) is 5.35. The number of methoxy groups -OCH3 is 1. The van der Waals surface area contributed by atoms with E-state index in [-0.39, 0.29) is 9.93 Å². The maximum atomic E-state index is 13.1. The van der Waals surface area contributed by atoms with Crippen LogP contribution in [0.15, 0.2) is 29.2 Å². The number of hydrogen-bond acceptors (Lipinski definition) is 5. The number of benzene rings is 1. The minimum absolute atomic E-state index is 0.0764. The molecule has 0 aliphatic heterocycles. The second-order valence-electron chi connectivity index (χ2n) is 7.62. The summed E-state index contributed by atoms with van der Waals surface area (Å²) in [6.07, 6.45) is 0. The molecule has 0 saturated heterocycles. The van der Waals surface area contributed by atoms with Gasteiger partial charge in [0.05, 0.1) is 12.0 Å². The molecule has 1 aromatic rings. The molecule has 0 unspecified atom stereocenters. The first-order valence-corrected chi connectivity index (χ1v) is 12.5. The van der Waals surface area contributed by atoms with Gasteiger partial charge in [-0.25, -0.2) is 8.42 Å². The minimum Gasteiger partial charge on any atom is -0.468 e. The number of esters is 1. The van der Waals surface area contributed by atoms with Gasteiger partial charge in [-0.3, -0.25) is 4.79 Å². The number of nitrogens with zero attached hydrogens (tertiary/aromatic N) is 1. The number of rotatable bonds is 6. The van der Waals surface area contributed by atoms with E-state index in [4.69, 9.17) is 9.26 Å². The van der Waals surface area contributed by atoms with Crippen molar-refractivity contribution in [1.29, 1.82) is 0 Å².